The number of allylic oxidation sites excluding steroid dienone is 1. The molecule has 0 N–H and O–H groups in total. The summed E-state index contributed by atoms with van der Waals surface area (Å²) in [5.74, 6) is 1.45. The van der Waals surface area contributed by atoms with Crippen LogP contribution in [-0.2, 0) is 0 Å². The summed E-state index contributed by atoms with van der Waals surface area (Å²) < 4.78 is -0.577. The second-order valence-corrected chi connectivity index (χ2v) is 10.7. The fourth-order valence-corrected chi connectivity index (χ4v) is 7.79. The van der Waals surface area contributed by atoms with Gasteiger partial charge in [0.1, 0.15) is 4.08 Å². The molecule has 0 radical (unpaired) electrons. The molecule has 0 fully saturated rings. The largest absolute Gasteiger partial charge is 0.293 e. The number of carbonyl (C=O) groups is 2. The van der Waals surface area contributed by atoms with Crippen LogP contribution in [0.3, 0.4) is 0 Å². The number of hydrogen-bond donors (Lipinski definition) is 0. The SMILES string of the molecule is CC1=C(C)CC(SSCC(=O)c2ccccc2)(C(=O)c2ccccc2)SC1. The third kappa shape index (κ3) is 4.89. The van der Waals surface area contributed by atoms with Crippen molar-refractivity contribution in [1.82, 2.24) is 0 Å². The summed E-state index contributed by atoms with van der Waals surface area (Å²) in [6, 6.07) is 18.8. The van der Waals surface area contributed by atoms with Crippen LogP contribution in [-0.4, -0.2) is 27.2 Å². The van der Waals surface area contributed by atoms with Crippen LogP contribution < -0.4 is 0 Å². The minimum Gasteiger partial charge on any atom is -0.293 e. The maximum atomic E-state index is 13.4. The van der Waals surface area contributed by atoms with E-state index in [1.165, 1.54) is 21.9 Å². The molecule has 140 valence electrons. The van der Waals surface area contributed by atoms with Crippen molar-refractivity contribution in [3.8, 4) is 0 Å². The van der Waals surface area contributed by atoms with Gasteiger partial charge in [0, 0.05) is 23.3 Å². The van der Waals surface area contributed by atoms with Gasteiger partial charge in [-0.25, -0.2) is 0 Å². The lowest BCUT2D eigenvalue weighted by molar-refractivity contribution is 0.0976. The Labute approximate surface area is 173 Å². The third-order valence-electron chi connectivity index (χ3n) is 4.61. The van der Waals surface area contributed by atoms with Gasteiger partial charge in [0.05, 0.1) is 5.75 Å². The summed E-state index contributed by atoms with van der Waals surface area (Å²) in [6.45, 7) is 4.25. The lowest BCUT2D eigenvalue weighted by Crippen LogP contribution is -2.34. The first kappa shape index (κ1) is 20.3. The highest BCUT2D eigenvalue weighted by atomic mass is 33.1. The van der Waals surface area contributed by atoms with Gasteiger partial charge >= 0.3 is 0 Å². The number of thioether (sulfide) groups is 1. The summed E-state index contributed by atoms with van der Waals surface area (Å²) >= 11 is 1.70. The van der Waals surface area contributed by atoms with E-state index in [2.05, 4.69) is 13.8 Å². The predicted octanol–water partition coefficient (Wildman–Crippen LogP) is 6.30. The molecule has 3 rings (SSSR count). The molecule has 1 unspecified atom stereocenters. The number of carbonyl (C=O) groups excluding carboxylic acids is 2. The Kier molecular flexibility index (Phi) is 6.90. The molecular formula is C22H22O2S3. The standard InChI is InChI=1S/C22H22O2S3/c1-16-13-22(25-14-17(16)2,21(24)19-11-7-4-8-12-19)27-26-15-20(23)18-9-5-3-6-10-18/h3-12H,13-15H2,1-2H3. The fourth-order valence-electron chi connectivity index (χ4n) is 2.83. The maximum Gasteiger partial charge on any atom is 0.190 e. The van der Waals surface area contributed by atoms with Crippen LogP contribution in [0.25, 0.3) is 0 Å². The number of rotatable bonds is 7. The summed E-state index contributed by atoms with van der Waals surface area (Å²) in [6.07, 6.45) is 0.717. The van der Waals surface area contributed by atoms with E-state index < -0.39 is 4.08 Å². The lowest BCUT2D eigenvalue weighted by Gasteiger charge is -2.35. The smallest absolute Gasteiger partial charge is 0.190 e. The molecule has 2 aromatic carbocycles. The number of benzene rings is 2. The Balaban J connectivity index is 1.75. The second-order valence-electron chi connectivity index (χ2n) is 6.61. The van der Waals surface area contributed by atoms with Gasteiger partial charge in [-0.1, -0.05) is 93.4 Å². The Bertz CT molecular complexity index is 846. The first-order valence-electron chi connectivity index (χ1n) is 8.80. The van der Waals surface area contributed by atoms with Crippen LogP contribution in [0, 0.1) is 0 Å². The first-order chi connectivity index (χ1) is 13.0. The highest BCUT2D eigenvalue weighted by Crippen LogP contribution is 2.53. The van der Waals surface area contributed by atoms with Gasteiger partial charge < -0.3 is 0 Å². The Morgan fingerprint density at radius 1 is 0.926 bits per heavy atom. The van der Waals surface area contributed by atoms with E-state index in [4.69, 9.17) is 0 Å². The molecule has 0 aliphatic carbocycles. The molecule has 5 heteroatoms. The van der Waals surface area contributed by atoms with E-state index in [9.17, 15) is 9.59 Å². The van der Waals surface area contributed by atoms with Gasteiger partial charge in [0.25, 0.3) is 0 Å². The van der Waals surface area contributed by atoms with E-state index in [1.54, 1.807) is 22.6 Å². The van der Waals surface area contributed by atoms with Crippen molar-refractivity contribution in [1.29, 1.82) is 0 Å². The van der Waals surface area contributed by atoms with E-state index in [-0.39, 0.29) is 11.6 Å². The minimum absolute atomic E-state index is 0.0969. The Hall–Kier alpha value is -1.43. The molecule has 2 aromatic rings. The molecule has 0 saturated heterocycles. The fraction of sp³-hybridized carbons (Fsp3) is 0.273. The summed E-state index contributed by atoms with van der Waals surface area (Å²) in [5.41, 5.74) is 4.08. The van der Waals surface area contributed by atoms with Gasteiger partial charge in [0.2, 0.25) is 0 Å². The average molecular weight is 415 g/mol. The van der Waals surface area contributed by atoms with Crippen molar-refractivity contribution < 1.29 is 9.59 Å². The molecule has 0 saturated carbocycles. The maximum absolute atomic E-state index is 13.4. The lowest BCUT2D eigenvalue weighted by atomic mass is 9.99. The van der Waals surface area contributed by atoms with Crippen molar-refractivity contribution in [3.05, 3.63) is 82.9 Å². The monoisotopic (exact) mass is 414 g/mol. The average Bonchev–Trinajstić information content (AvgIpc) is 2.71. The van der Waals surface area contributed by atoms with Crippen LogP contribution in [0.4, 0.5) is 0 Å². The molecule has 0 aromatic heterocycles. The zero-order valence-corrected chi connectivity index (χ0v) is 17.9. The molecule has 0 spiro atoms. The quantitative estimate of drug-likeness (QED) is 0.301. The van der Waals surface area contributed by atoms with E-state index in [0.717, 1.165) is 16.9 Å². The molecule has 0 amide bonds. The van der Waals surface area contributed by atoms with Gasteiger partial charge in [0.15, 0.2) is 11.6 Å². The molecular weight excluding hydrogens is 392 g/mol. The number of ketones is 2. The van der Waals surface area contributed by atoms with E-state index in [0.29, 0.717) is 12.2 Å². The van der Waals surface area contributed by atoms with Crippen LogP contribution in [0.2, 0.25) is 0 Å². The van der Waals surface area contributed by atoms with Gasteiger partial charge in [-0.2, -0.15) is 0 Å². The Morgan fingerprint density at radius 3 is 2.11 bits per heavy atom. The van der Waals surface area contributed by atoms with Crippen molar-refractivity contribution in [2.24, 2.45) is 0 Å². The molecule has 27 heavy (non-hydrogen) atoms. The van der Waals surface area contributed by atoms with Gasteiger partial charge in [-0.05, 0) is 13.8 Å². The van der Waals surface area contributed by atoms with Crippen molar-refractivity contribution in [2.75, 3.05) is 11.5 Å². The highest BCUT2D eigenvalue weighted by Gasteiger charge is 2.43. The first-order valence-corrected chi connectivity index (χ1v) is 12.1. The van der Waals surface area contributed by atoms with Gasteiger partial charge in [-0.15, -0.1) is 11.8 Å². The molecule has 1 aliphatic rings. The number of hydrogen-bond acceptors (Lipinski definition) is 5. The summed E-state index contributed by atoms with van der Waals surface area (Å²) in [7, 11) is 3.04. The van der Waals surface area contributed by atoms with Crippen LogP contribution in [0.15, 0.2) is 71.8 Å². The third-order valence-corrected chi connectivity index (χ3v) is 9.56. The molecule has 1 atom stereocenters. The van der Waals surface area contributed by atoms with Crippen molar-refractivity contribution in [2.45, 2.75) is 24.3 Å². The number of Topliss-reactive ketones (excluding diaryl/α,β-unsaturated/α-hetero) is 2. The molecule has 1 aliphatic heterocycles. The van der Waals surface area contributed by atoms with E-state index >= 15 is 0 Å². The normalized spacial score (nSPS) is 19.8. The van der Waals surface area contributed by atoms with Crippen molar-refractivity contribution in [3.63, 3.8) is 0 Å². The van der Waals surface area contributed by atoms with Gasteiger partial charge in [-0.3, -0.25) is 9.59 Å². The predicted molar refractivity (Wildman–Crippen MR) is 120 cm³/mol. The minimum atomic E-state index is -0.577. The highest BCUT2D eigenvalue weighted by molar-refractivity contribution is 8.79. The molecule has 0 bridgehead atoms. The molecule has 2 nitrogen and oxygen atoms in total. The summed E-state index contributed by atoms with van der Waals surface area (Å²) in [4.78, 5) is 25.8. The summed E-state index contributed by atoms with van der Waals surface area (Å²) in [5, 5.41) is 0. The van der Waals surface area contributed by atoms with Crippen LogP contribution >= 0.6 is 33.3 Å². The van der Waals surface area contributed by atoms with Crippen molar-refractivity contribution >= 4 is 44.9 Å². The van der Waals surface area contributed by atoms with Crippen LogP contribution in [0.1, 0.15) is 41.0 Å². The Morgan fingerprint density at radius 2 is 1.52 bits per heavy atom. The molecule has 1 heterocycles. The zero-order valence-electron chi connectivity index (χ0n) is 15.4. The topological polar surface area (TPSA) is 34.1 Å². The second kappa shape index (κ2) is 9.18. The van der Waals surface area contributed by atoms with Crippen LogP contribution in [0.5, 0.6) is 0 Å². The zero-order chi connectivity index (χ0) is 19.3. The van der Waals surface area contributed by atoms with E-state index in [1.807, 2.05) is 60.7 Å².